The molecule has 0 aliphatic heterocycles. The molecule has 1 atom stereocenters. The van der Waals surface area contributed by atoms with E-state index in [4.69, 9.17) is 0 Å². The summed E-state index contributed by atoms with van der Waals surface area (Å²) in [6.45, 7) is 2.08. The van der Waals surface area contributed by atoms with Crippen molar-refractivity contribution in [3.05, 3.63) is 77.7 Å². The summed E-state index contributed by atoms with van der Waals surface area (Å²) in [4.78, 5) is 17.5. The van der Waals surface area contributed by atoms with Crippen molar-refractivity contribution in [1.29, 1.82) is 0 Å². The molecule has 0 saturated heterocycles. The number of rotatable bonds is 5. The van der Waals surface area contributed by atoms with Gasteiger partial charge in [-0.15, -0.1) is 0 Å². The van der Waals surface area contributed by atoms with Crippen LogP contribution in [0.5, 0.6) is 0 Å². The van der Waals surface area contributed by atoms with Crippen molar-refractivity contribution in [2.75, 3.05) is 5.32 Å². The summed E-state index contributed by atoms with van der Waals surface area (Å²) in [5, 5.41) is 7.33. The predicted molar refractivity (Wildman–Crippen MR) is 96.4 cm³/mol. The van der Waals surface area contributed by atoms with Gasteiger partial charge in [-0.1, -0.05) is 30.3 Å². The maximum absolute atomic E-state index is 13.1. The highest BCUT2D eigenvalue weighted by Crippen LogP contribution is 2.44. The van der Waals surface area contributed by atoms with Crippen molar-refractivity contribution in [3.8, 4) is 0 Å². The summed E-state index contributed by atoms with van der Waals surface area (Å²) < 4.78 is 1.68. The Labute approximate surface area is 146 Å². The molecule has 0 radical (unpaired) electrons. The third kappa shape index (κ3) is 3.18. The molecule has 1 aliphatic rings. The molecule has 0 bridgehead atoms. The van der Waals surface area contributed by atoms with E-state index in [9.17, 15) is 4.79 Å². The number of hydrogen-bond donors (Lipinski definition) is 1. The SMILES string of the molecule is Cc1ccnc(NC(=O)C(c2ccccc2)n2cccn2)c1C1CC1. The van der Waals surface area contributed by atoms with E-state index >= 15 is 0 Å². The monoisotopic (exact) mass is 332 g/mol. The molecular weight excluding hydrogens is 312 g/mol. The van der Waals surface area contributed by atoms with Crippen LogP contribution in [0, 0.1) is 6.92 Å². The highest BCUT2D eigenvalue weighted by Gasteiger charge is 2.30. The molecule has 1 N–H and O–H groups in total. The lowest BCUT2D eigenvalue weighted by Gasteiger charge is -2.19. The van der Waals surface area contributed by atoms with Crippen LogP contribution in [-0.4, -0.2) is 20.7 Å². The van der Waals surface area contributed by atoms with Gasteiger partial charge in [-0.05, 0) is 48.9 Å². The molecule has 1 aliphatic carbocycles. The summed E-state index contributed by atoms with van der Waals surface area (Å²) in [5.74, 6) is 1.07. The standard InChI is InChI=1S/C20H20N4O/c1-14-10-12-21-19(17(14)15-8-9-15)23-20(25)18(24-13-5-11-22-24)16-6-3-2-4-7-16/h2-7,10-13,15,18H,8-9H2,1H3,(H,21,23,25). The molecule has 1 unspecified atom stereocenters. The number of aryl methyl sites for hydroxylation is 1. The first kappa shape index (κ1) is 15.6. The fourth-order valence-corrected chi connectivity index (χ4v) is 3.23. The number of aromatic nitrogens is 3. The first-order valence-corrected chi connectivity index (χ1v) is 8.54. The summed E-state index contributed by atoms with van der Waals surface area (Å²) in [7, 11) is 0. The van der Waals surface area contributed by atoms with E-state index in [1.165, 1.54) is 11.1 Å². The normalized spacial score (nSPS) is 14.9. The van der Waals surface area contributed by atoms with Crippen molar-refractivity contribution >= 4 is 11.7 Å². The van der Waals surface area contributed by atoms with Crippen LogP contribution in [0.4, 0.5) is 5.82 Å². The van der Waals surface area contributed by atoms with E-state index in [1.807, 2.05) is 48.7 Å². The zero-order valence-electron chi connectivity index (χ0n) is 14.1. The van der Waals surface area contributed by atoms with E-state index < -0.39 is 6.04 Å². The van der Waals surface area contributed by atoms with Crippen molar-refractivity contribution in [2.45, 2.75) is 31.7 Å². The lowest BCUT2D eigenvalue weighted by molar-refractivity contribution is -0.118. The number of pyridine rings is 1. The van der Waals surface area contributed by atoms with E-state index in [0.29, 0.717) is 11.7 Å². The topological polar surface area (TPSA) is 59.8 Å². The molecule has 3 aromatic rings. The molecular formula is C20H20N4O. The second-order valence-corrected chi connectivity index (χ2v) is 6.45. The highest BCUT2D eigenvalue weighted by atomic mass is 16.2. The molecule has 5 nitrogen and oxygen atoms in total. The third-order valence-corrected chi connectivity index (χ3v) is 4.59. The van der Waals surface area contributed by atoms with Gasteiger partial charge in [-0.2, -0.15) is 5.10 Å². The van der Waals surface area contributed by atoms with E-state index in [2.05, 4.69) is 22.3 Å². The molecule has 25 heavy (non-hydrogen) atoms. The summed E-state index contributed by atoms with van der Waals surface area (Å²) in [5.41, 5.74) is 3.25. The Balaban J connectivity index is 1.68. The quantitative estimate of drug-likeness (QED) is 0.775. The van der Waals surface area contributed by atoms with Crippen molar-refractivity contribution in [2.24, 2.45) is 0 Å². The zero-order chi connectivity index (χ0) is 17.2. The summed E-state index contributed by atoms with van der Waals surface area (Å²) >= 11 is 0. The maximum atomic E-state index is 13.1. The van der Waals surface area contributed by atoms with Gasteiger partial charge in [0.1, 0.15) is 5.82 Å². The number of carbonyl (C=O) groups excluding carboxylic acids is 1. The lowest BCUT2D eigenvalue weighted by atomic mass is 10.0. The fourth-order valence-electron chi connectivity index (χ4n) is 3.23. The largest absolute Gasteiger partial charge is 0.308 e. The van der Waals surface area contributed by atoms with E-state index in [1.54, 1.807) is 17.1 Å². The Morgan fingerprint density at radius 3 is 2.64 bits per heavy atom. The van der Waals surface area contributed by atoms with Crippen LogP contribution >= 0.6 is 0 Å². The molecule has 1 saturated carbocycles. The second-order valence-electron chi connectivity index (χ2n) is 6.45. The average molecular weight is 332 g/mol. The molecule has 1 aromatic carbocycles. The first-order chi connectivity index (χ1) is 12.2. The Kier molecular flexibility index (Phi) is 4.06. The Morgan fingerprint density at radius 1 is 1.16 bits per heavy atom. The number of nitrogens with one attached hydrogen (secondary N) is 1. The number of anilines is 1. The highest BCUT2D eigenvalue weighted by molar-refractivity contribution is 5.95. The van der Waals surface area contributed by atoms with E-state index in [-0.39, 0.29) is 5.91 Å². The van der Waals surface area contributed by atoms with Gasteiger partial charge < -0.3 is 5.32 Å². The minimum absolute atomic E-state index is 0.130. The van der Waals surface area contributed by atoms with Crippen LogP contribution in [0.25, 0.3) is 0 Å². The Bertz CT molecular complexity index is 870. The van der Waals surface area contributed by atoms with Gasteiger partial charge in [0.05, 0.1) is 0 Å². The minimum atomic E-state index is -0.523. The van der Waals surface area contributed by atoms with Crippen LogP contribution in [0.2, 0.25) is 0 Å². The van der Waals surface area contributed by atoms with Crippen molar-refractivity contribution < 1.29 is 4.79 Å². The fraction of sp³-hybridized carbons (Fsp3) is 0.250. The van der Waals surface area contributed by atoms with Crippen LogP contribution in [-0.2, 0) is 4.79 Å². The molecule has 1 fully saturated rings. The minimum Gasteiger partial charge on any atom is -0.308 e. The lowest BCUT2D eigenvalue weighted by Crippen LogP contribution is -2.28. The maximum Gasteiger partial charge on any atom is 0.254 e. The van der Waals surface area contributed by atoms with Crippen LogP contribution in [0.3, 0.4) is 0 Å². The van der Waals surface area contributed by atoms with Gasteiger partial charge in [0.25, 0.3) is 5.91 Å². The molecule has 5 heteroatoms. The van der Waals surface area contributed by atoms with Crippen LogP contribution in [0.1, 0.15) is 41.5 Å². The second kappa shape index (κ2) is 6.51. The number of amides is 1. The first-order valence-electron chi connectivity index (χ1n) is 8.54. The molecule has 2 heterocycles. The summed E-state index contributed by atoms with van der Waals surface area (Å²) in [6.07, 6.45) is 7.57. The Morgan fingerprint density at radius 2 is 1.96 bits per heavy atom. The van der Waals surface area contributed by atoms with Crippen molar-refractivity contribution in [1.82, 2.24) is 14.8 Å². The molecule has 1 amide bonds. The molecule has 0 spiro atoms. The van der Waals surface area contributed by atoms with Gasteiger partial charge in [0.15, 0.2) is 6.04 Å². The van der Waals surface area contributed by atoms with Crippen LogP contribution < -0.4 is 5.32 Å². The van der Waals surface area contributed by atoms with Gasteiger partial charge in [0, 0.05) is 24.2 Å². The number of nitrogens with zero attached hydrogens (tertiary/aromatic N) is 3. The predicted octanol–water partition coefficient (Wildman–Crippen LogP) is 3.69. The molecule has 126 valence electrons. The van der Waals surface area contributed by atoms with Gasteiger partial charge in [0.2, 0.25) is 0 Å². The zero-order valence-corrected chi connectivity index (χ0v) is 14.1. The van der Waals surface area contributed by atoms with E-state index in [0.717, 1.165) is 18.4 Å². The molecule has 2 aromatic heterocycles. The van der Waals surface area contributed by atoms with Crippen molar-refractivity contribution in [3.63, 3.8) is 0 Å². The Hall–Kier alpha value is -2.95. The number of benzene rings is 1. The smallest absolute Gasteiger partial charge is 0.254 e. The summed E-state index contributed by atoms with van der Waals surface area (Å²) in [6, 6.07) is 13.0. The number of hydrogen-bond acceptors (Lipinski definition) is 3. The molecule has 4 rings (SSSR count). The number of carbonyl (C=O) groups is 1. The third-order valence-electron chi connectivity index (χ3n) is 4.59. The van der Waals surface area contributed by atoms with Crippen LogP contribution in [0.15, 0.2) is 61.1 Å². The average Bonchev–Trinajstić information content (AvgIpc) is 3.31. The van der Waals surface area contributed by atoms with Gasteiger partial charge >= 0.3 is 0 Å². The van der Waals surface area contributed by atoms with Gasteiger partial charge in [-0.25, -0.2) is 4.98 Å². The van der Waals surface area contributed by atoms with Gasteiger partial charge in [-0.3, -0.25) is 9.48 Å².